The number of thiophene rings is 1. The highest BCUT2D eigenvalue weighted by Crippen LogP contribution is 2.31. The van der Waals surface area contributed by atoms with Crippen molar-refractivity contribution in [3.8, 4) is 0 Å². The van der Waals surface area contributed by atoms with Gasteiger partial charge in [-0.1, -0.05) is 73.6 Å². The van der Waals surface area contributed by atoms with Crippen LogP contribution in [0.2, 0.25) is 5.02 Å². The average Bonchev–Trinajstić information content (AvgIpc) is 3.19. The van der Waals surface area contributed by atoms with E-state index in [0.717, 1.165) is 26.9 Å². The van der Waals surface area contributed by atoms with E-state index in [4.69, 9.17) is 16.6 Å². The Hall–Kier alpha value is -2.67. The molecule has 166 valence electrons. The van der Waals surface area contributed by atoms with Gasteiger partial charge < -0.3 is 0 Å². The molecule has 0 bridgehead atoms. The van der Waals surface area contributed by atoms with Crippen LogP contribution in [0.3, 0.4) is 0 Å². The van der Waals surface area contributed by atoms with Crippen molar-refractivity contribution in [3.05, 3.63) is 98.9 Å². The van der Waals surface area contributed by atoms with Crippen LogP contribution in [0.4, 0.5) is 0 Å². The molecule has 0 N–H and O–H groups in total. The standard InChI is InChI=1S/C26H22ClN3OS2/c1-16(2)19-10-8-17(9-11-19)14-30-25(31)23-22(21-7-4-12-28-24(21)33-23)29-26(30)32-15-18-5-3-6-20(27)13-18/h3-13,16H,14-15H2,1-2H3. The molecular weight excluding hydrogens is 470 g/mol. The minimum atomic E-state index is -0.0236. The van der Waals surface area contributed by atoms with Crippen LogP contribution < -0.4 is 5.56 Å². The van der Waals surface area contributed by atoms with Crippen molar-refractivity contribution >= 4 is 55.1 Å². The maximum Gasteiger partial charge on any atom is 0.272 e. The summed E-state index contributed by atoms with van der Waals surface area (Å²) in [6.07, 6.45) is 1.75. The van der Waals surface area contributed by atoms with Gasteiger partial charge in [-0.25, -0.2) is 9.97 Å². The van der Waals surface area contributed by atoms with Gasteiger partial charge in [-0.15, -0.1) is 11.3 Å². The maximum atomic E-state index is 13.6. The quantitative estimate of drug-likeness (QED) is 0.187. The summed E-state index contributed by atoms with van der Waals surface area (Å²) in [6, 6.07) is 20.1. The molecule has 0 aliphatic rings. The summed E-state index contributed by atoms with van der Waals surface area (Å²) in [7, 11) is 0. The van der Waals surface area contributed by atoms with Gasteiger partial charge in [0.2, 0.25) is 0 Å². The zero-order chi connectivity index (χ0) is 22.9. The van der Waals surface area contributed by atoms with Crippen molar-refractivity contribution < 1.29 is 0 Å². The molecule has 0 saturated heterocycles. The van der Waals surface area contributed by atoms with Gasteiger partial charge in [0.25, 0.3) is 5.56 Å². The topological polar surface area (TPSA) is 47.8 Å². The third-order valence-corrected chi connectivity index (χ3v) is 7.94. The summed E-state index contributed by atoms with van der Waals surface area (Å²) >= 11 is 9.13. The van der Waals surface area contributed by atoms with E-state index < -0.39 is 0 Å². The number of nitrogens with zero attached hydrogens (tertiary/aromatic N) is 3. The molecule has 33 heavy (non-hydrogen) atoms. The number of thioether (sulfide) groups is 1. The summed E-state index contributed by atoms with van der Waals surface area (Å²) in [5, 5.41) is 2.32. The second kappa shape index (κ2) is 9.29. The van der Waals surface area contributed by atoms with Crippen molar-refractivity contribution in [2.45, 2.75) is 37.2 Å². The summed E-state index contributed by atoms with van der Waals surface area (Å²) in [4.78, 5) is 23.9. The number of hydrogen-bond donors (Lipinski definition) is 0. The molecule has 0 radical (unpaired) electrons. The van der Waals surface area contributed by atoms with Gasteiger partial charge in [-0.05, 0) is 46.9 Å². The Kier molecular flexibility index (Phi) is 6.23. The molecule has 0 aliphatic carbocycles. The Morgan fingerprint density at radius 1 is 1.06 bits per heavy atom. The molecule has 0 atom stereocenters. The minimum absolute atomic E-state index is 0.0236. The highest BCUT2D eigenvalue weighted by molar-refractivity contribution is 7.98. The van der Waals surface area contributed by atoms with Gasteiger partial charge in [0.05, 0.1) is 12.1 Å². The number of pyridine rings is 1. The molecule has 5 rings (SSSR count). The first-order valence-corrected chi connectivity index (χ1v) is 12.9. The monoisotopic (exact) mass is 491 g/mol. The van der Waals surface area contributed by atoms with Crippen LogP contribution in [0.1, 0.15) is 36.5 Å². The van der Waals surface area contributed by atoms with Crippen molar-refractivity contribution in [3.63, 3.8) is 0 Å². The zero-order valence-corrected chi connectivity index (χ0v) is 20.7. The lowest BCUT2D eigenvalue weighted by molar-refractivity contribution is 0.659. The van der Waals surface area contributed by atoms with Crippen LogP contribution in [0.25, 0.3) is 20.4 Å². The van der Waals surface area contributed by atoms with Crippen LogP contribution in [-0.4, -0.2) is 14.5 Å². The summed E-state index contributed by atoms with van der Waals surface area (Å²) < 4.78 is 2.44. The van der Waals surface area contributed by atoms with Gasteiger partial charge in [0.15, 0.2) is 5.16 Å². The smallest absolute Gasteiger partial charge is 0.272 e. The second-order valence-corrected chi connectivity index (χ2v) is 10.6. The number of benzene rings is 2. The van der Waals surface area contributed by atoms with Crippen LogP contribution in [0.15, 0.2) is 76.8 Å². The van der Waals surface area contributed by atoms with Gasteiger partial charge >= 0.3 is 0 Å². The highest BCUT2D eigenvalue weighted by atomic mass is 35.5. The third-order valence-electron chi connectivity index (χ3n) is 5.56. The Morgan fingerprint density at radius 2 is 1.88 bits per heavy atom. The number of halogens is 1. The largest absolute Gasteiger partial charge is 0.282 e. The minimum Gasteiger partial charge on any atom is -0.282 e. The predicted octanol–water partition coefficient (Wildman–Crippen LogP) is 7.12. The molecule has 5 aromatic rings. The first-order valence-electron chi connectivity index (χ1n) is 10.7. The first-order chi connectivity index (χ1) is 16.0. The lowest BCUT2D eigenvalue weighted by Gasteiger charge is -2.13. The van der Waals surface area contributed by atoms with E-state index in [1.807, 2.05) is 36.4 Å². The molecule has 7 heteroatoms. The molecule has 4 nitrogen and oxygen atoms in total. The molecule has 0 amide bonds. The molecule has 0 unspecified atom stereocenters. The first kappa shape index (κ1) is 22.1. The Labute approximate surface area is 205 Å². The molecule has 2 aromatic carbocycles. The maximum absolute atomic E-state index is 13.6. The molecule has 0 aliphatic heterocycles. The van der Waals surface area contributed by atoms with Crippen LogP contribution >= 0.6 is 34.7 Å². The number of aromatic nitrogens is 3. The van der Waals surface area contributed by atoms with E-state index in [0.29, 0.717) is 33.1 Å². The number of fused-ring (bicyclic) bond motifs is 3. The van der Waals surface area contributed by atoms with E-state index in [1.165, 1.54) is 16.9 Å². The number of hydrogen-bond acceptors (Lipinski definition) is 5. The Bertz CT molecular complexity index is 1510. The van der Waals surface area contributed by atoms with Gasteiger partial charge in [0.1, 0.15) is 9.53 Å². The number of rotatable bonds is 6. The Balaban J connectivity index is 1.59. The second-order valence-electron chi connectivity index (χ2n) is 8.24. The molecule has 3 heterocycles. The van der Waals surface area contributed by atoms with E-state index >= 15 is 0 Å². The van der Waals surface area contributed by atoms with Crippen LogP contribution in [0, 0.1) is 0 Å². The highest BCUT2D eigenvalue weighted by Gasteiger charge is 2.17. The molecule has 0 spiro atoms. The van der Waals surface area contributed by atoms with Crippen LogP contribution in [-0.2, 0) is 12.3 Å². The average molecular weight is 492 g/mol. The van der Waals surface area contributed by atoms with Crippen molar-refractivity contribution in [1.82, 2.24) is 14.5 Å². The Morgan fingerprint density at radius 3 is 2.64 bits per heavy atom. The summed E-state index contributed by atoms with van der Waals surface area (Å²) in [5.74, 6) is 1.14. The molecular formula is C26H22ClN3OS2. The van der Waals surface area contributed by atoms with Crippen LogP contribution in [0.5, 0.6) is 0 Å². The van der Waals surface area contributed by atoms with Crippen molar-refractivity contribution in [2.24, 2.45) is 0 Å². The lowest BCUT2D eigenvalue weighted by atomic mass is 10.0. The molecule has 3 aromatic heterocycles. The normalized spacial score (nSPS) is 11.6. The summed E-state index contributed by atoms with van der Waals surface area (Å²) in [5.41, 5.74) is 4.15. The van der Waals surface area contributed by atoms with Gasteiger partial charge in [-0.3, -0.25) is 9.36 Å². The molecule has 0 fully saturated rings. The van der Waals surface area contributed by atoms with Gasteiger partial charge in [-0.2, -0.15) is 0 Å². The van der Waals surface area contributed by atoms with E-state index in [-0.39, 0.29) is 5.56 Å². The third kappa shape index (κ3) is 4.56. The van der Waals surface area contributed by atoms with E-state index in [1.54, 1.807) is 22.5 Å². The van der Waals surface area contributed by atoms with Gasteiger partial charge in [0, 0.05) is 22.4 Å². The van der Waals surface area contributed by atoms with Crippen molar-refractivity contribution in [2.75, 3.05) is 0 Å². The van der Waals surface area contributed by atoms with E-state index in [9.17, 15) is 4.79 Å². The van der Waals surface area contributed by atoms with Crippen molar-refractivity contribution in [1.29, 1.82) is 0 Å². The zero-order valence-electron chi connectivity index (χ0n) is 18.3. The fourth-order valence-electron chi connectivity index (χ4n) is 3.76. The lowest BCUT2D eigenvalue weighted by Crippen LogP contribution is -2.23. The molecule has 0 saturated carbocycles. The summed E-state index contributed by atoms with van der Waals surface area (Å²) in [6.45, 7) is 4.83. The fraction of sp³-hybridized carbons (Fsp3) is 0.192. The van der Waals surface area contributed by atoms with E-state index in [2.05, 4.69) is 43.1 Å². The predicted molar refractivity (Wildman–Crippen MR) is 140 cm³/mol. The SMILES string of the molecule is CC(C)c1ccc(Cn2c(SCc3cccc(Cl)c3)nc3c(sc4ncccc43)c2=O)cc1. The fourth-order valence-corrected chi connectivity index (χ4v) is 5.93.